The maximum atomic E-state index is 12.1. The second kappa shape index (κ2) is 5.82. The Bertz CT molecular complexity index is 408. The second-order valence-corrected chi connectivity index (χ2v) is 5.34. The van der Waals surface area contributed by atoms with Crippen molar-refractivity contribution in [1.82, 2.24) is 0 Å². The highest BCUT2D eigenvalue weighted by molar-refractivity contribution is 14.1. The first-order chi connectivity index (χ1) is 8.22. The number of ether oxygens (including phenoxy) is 1. The molecule has 1 aliphatic heterocycles. The highest BCUT2D eigenvalue weighted by atomic mass is 127. The molecule has 0 bridgehead atoms. The highest BCUT2D eigenvalue weighted by Crippen LogP contribution is 2.26. The van der Waals surface area contributed by atoms with Crippen molar-refractivity contribution in [2.45, 2.75) is 25.9 Å². The standard InChI is InChI=1S/C13H16INO2/c1-2-12-9(7-8-17-12)13(16)15-11-6-4-3-5-10(11)14/h3-6,9,12H,2,7-8H2,1H3,(H,15,16). The number of hydrogen-bond donors (Lipinski definition) is 1. The molecule has 0 radical (unpaired) electrons. The van der Waals surface area contributed by atoms with Gasteiger partial charge in [-0.05, 0) is 47.6 Å². The van der Waals surface area contributed by atoms with Gasteiger partial charge >= 0.3 is 0 Å². The number of carbonyl (C=O) groups excluding carboxylic acids is 1. The predicted octanol–water partition coefficient (Wildman–Crippen LogP) is 3.04. The van der Waals surface area contributed by atoms with E-state index in [-0.39, 0.29) is 17.9 Å². The van der Waals surface area contributed by atoms with Gasteiger partial charge in [0.05, 0.1) is 17.7 Å². The van der Waals surface area contributed by atoms with Crippen LogP contribution in [0.1, 0.15) is 19.8 Å². The van der Waals surface area contributed by atoms with Crippen LogP contribution in [0.15, 0.2) is 24.3 Å². The van der Waals surface area contributed by atoms with Crippen LogP contribution in [0, 0.1) is 9.49 Å². The Morgan fingerprint density at radius 3 is 3.00 bits per heavy atom. The molecule has 1 N–H and O–H groups in total. The molecule has 1 fully saturated rings. The lowest BCUT2D eigenvalue weighted by Crippen LogP contribution is -2.29. The topological polar surface area (TPSA) is 38.3 Å². The third-order valence-corrected chi connectivity index (χ3v) is 4.02. The lowest BCUT2D eigenvalue weighted by molar-refractivity contribution is -0.121. The van der Waals surface area contributed by atoms with Crippen molar-refractivity contribution in [3.05, 3.63) is 27.8 Å². The molecule has 1 saturated heterocycles. The van der Waals surface area contributed by atoms with E-state index in [1.165, 1.54) is 0 Å². The molecule has 1 aromatic rings. The molecule has 0 aliphatic carbocycles. The summed E-state index contributed by atoms with van der Waals surface area (Å²) in [6.07, 6.45) is 1.80. The van der Waals surface area contributed by atoms with Crippen LogP contribution in [0.4, 0.5) is 5.69 Å². The molecule has 2 rings (SSSR count). The van der Waals surface area contributed by atoms with E-state index in [1.807, 2.05) is 24.3 Å². The lowest BCUT2D eigenvalue weighted by atomic mass is 9.98. The van der Waals surface area contributed by atoms with E-state index in [1.54, 1.807) is 0 Å². The average molecular weight is 345 g/mol. The van der Waals surface area contributed by atoms with E-state index in [0.717, 1.165) is 22.1 Å². The molecule has 2 unspecified atom stereocenters. The third-order valence-electron chi connectivity index (χ3n) is 3.08. The number of hydrogen-bond acceptors (Lipinski definition) is 2. The van der Waals surface area contributed by atoms with E-state index >= 15 is 0 Å². The summed E-state index contributed by atoms with van der Waals surface area (Å²) in [4.78, 5) is 12.1. The maximum Gasteiger partial charge on any atom is 0.230 e. The van der Waals surface area contributed by atoms with Gasteiger partial charge in [0.2, 0.25) is 5.91 Å². The molecular weight excluding hydrogens is 329 g/mol. The monoisotopic (exact) mass is 345 g/mol. The van der Waals surface area contributed by atoms with Crippen LogP contribution >= 0.6 is 22.6 Å². The molecule has 2 atom stereocenters. The van der Waals surface area contributed by atoms with Gasteiger partial charge in [0.15, 0.2) is 0 Å². The van der Waals surface area contributed by atoms with Gasteiger partial charge in [-0.3, -0.25) is 4.79 Å². The summed E-state index contributed by atoms with van der Waals surface area (Å²) >= 11 is 2.23. The highest BCUT2D eigenvalue weighted by Gasteiger charge is 2.32. The van der Waals surface area contributed by atoms with Crippen LogP contribution in [0.5, 0.6) is 0 Å². The molecule has 92 valence electrons. The van der Waals surface area contributed by atoms with Gasteiger partial charge in [-0.25, -0.2) is 0 Å². The summed E-state index contributed by atoms with van der Waals surface area (Å²) in [7, 11) is 0. The summed E-state index contributed by atoms with van der Waals surface area (Å²) in [6.45, 7) is 2.75. The number of carbonyl (C=O) groups is 1. The van der Waals surface area contributed by atoms with Gasteiger partial charge in [-0.15, -0.1) is 0 Å². The molecule has 0 aromatic heterocycles. The average Bonchev–Trinajstić information content (AvgIpc) is 2.80. The van der Waals surface area contributed by atoms with Gasteiger partial charge in [-0.1, -0.05) is 19.1 Å². The predicted molar refractivity (Wildman–Crippen MR) is 75.9 cm³/mol. The van der Waals surface area contributed by atoms with Crippen LogP contribution in [0.25, 0.3) is 0 Å². The zero-order valence-corrected chi connectivity index (χ0v) is 11.9. The number of nitrogens with one attached hydrogen (secondary N) is 1. The fourth-order valence-corrected chi connectivity index (χ4v) is 2.66. The Morgan fingerprint density at radius 1 is 1.53 bits per heavy atom. The van der Waals surface area contributed by atoms with E-state index in [0.29, 0.717) is 6.61 Å². The smallest absolute Gasteiger partial charge is 0.230 e. The van der Waals surface area contributed by atoms with Crippen molar-refractivity contribution in [2.24, 2.45) is 5.92 Å². The van der Waals surface area contributed by atoms with Gasteiger partial charge in [0.1, 0.15) is 0 Å². The Kier molecular flexibility index (Phi) is 4.39. The number of benzene rings is 1. The molecular formula is C13H16INO2. The number of halogens is 1. The fraction of sp³-hybridized carbons (Fsp3) is 0.462. The summed E-state index contributed by atoms with van der Waals surface area (Å²) in [5.41, 5.74) is 0.889. The molecule has 1 aromatic carbocycles. The van der Waals surface area contributed by atoms with Gasteiger partial charge in [0, 0.05) is 10.2 Å². The molecule has 17 heavy (non-hydrogen) atoms. The first-order valence-corrected chi connectivity index (χ1v) is 6.97. The Labute approximate surface area is 115 Å². The van der Waals surface area contributed by atoms with Crippen molar-refractivity contribution in [3.63, 3.8) is 0 Å². The van der Waals surface area contributed by atoms with Crippen LogP contribution < -0.4 is 5.32 Å². The summed E-state index contributed by atoms with van der Waals surface area (Å²) in [6, 6.07) is 7.81. The molecule has 0 saturated carbocycles. The zero-order chi connectivity index (χ0) is 12.3. The van der Waals surface area contributed by atoms with E-state index in [2.05, 4.69) is 34.8 Å². The zero-order valence-electron chi connectivity index (χ0n) is 9.78. The van der Waals surface area contributed by atoms with Crippen molar-refractivity contribution in [3.8, 4) is 0 Å². The maximum absolute atomic E-state index is 12.1. The Hall–Kier alpha value is -0.620. The summed E-state index contributed by atoms with van der Waals surface area (Å²) in [5.74, 6) is 0.0782. The van der Waals surface area contributed by atoms with Crippen LogP contribution in [-0.2, 0) is 9.53 Å². The Balaban J connectivity index is 2.04. The van der Waals surface area contributed by atoms with E-state index in [9.17, 15) is 4.79 Å². The van der Waals surface area contributed by atoms with Gasteiger partial charge in [-0.2, -0.15) is 0 Å². The minimum Gasteiger partial charge on any atom is -0.377 e. The van der Waals surface area contributed by atoms with Crippen molar-refractivity contribution in [1.29, 1.82) is 0 Å². The number of amides is 1. The largest absolute Gasteiger partial charge is 0.377 e. The first kappa shape index (κ1) is 12.8. The molecule has 4 heteroatoms. The van der Waals surface area contributed by atoms with Crippen LogP contribution in [0.2, 0.25) is 0 Å². The quantitative estimate of drug-likeness (QED) is 0.856. The van der Waals surface area contributed by atoms with Crippen molar-refractivity contribution >= 4 is 34.2 Å². The minimum absolute atomic E-state index is 0.00370. The summed E-state index contributed by atoms with van der Waals surface area (Å²) < 4.78 is 6.60. The molecule has 1 amide bonds. The molecule has 1 aliphatic rings. The van der Waals surface area contributed by atoms with Crippen molar-refractivity contribution in [2.75, 3.05) is 11.9 Å². The van der Waals surface area contributed by atoms with E-state index < -0.39 is 0 Å². The van der Waals surface area contributed by atoms with Crippen molar-refractivity contribution < 1.29 is 9.53 Å². The van der Waals surface area contributed by atoms with Gasteiger partial charge in [0.25, 0.3) is 0 Å². The normalized spacial score (nSPS) is 23.6. The minimum atomic E-state index is -0.00370. The Morgan fingerprint density at radius 2 is 2.29 bits per heavy atom. The van der Waals surface area contributed by atoms with Crippen LogP contribution in [0.3, 0.4) is 0 Å². The number of para-hydroxylation sites is 1. The van der Waals surface area contributed by atoms with Gasteiger partial charge < -0.3 is 10.1 Å². The molecule has 1 heterocycles. The first-order valence-electron chi connectivity index (χ1n) is 5.89. The van der Waals surface area contributed by atoms with Crippen LogP contribution in [-0.4, -0.2) is 18.6 Å². The fourth-order valence-electron chi connectivity index (χ4n) is 2.14. The molecule has 0 spiro atoms. The number of anilines is 1. The second-order valence-electron chi connectivity index (χ2n) is 4.18. The lowest BCUT2D eigenvalue weighted by Gasteiger charge is -2.16. The number of rotatable bonds is 3. The third kappa shape index (κ3) is 2.98. The van der Waals surface area contributed by atoms with E-state index in [4.69, 9.17) is 4.74 Å². The SMILES string of the molecule is CCC1OCCC1C(=O)Nc1ccccc1I. The molecule has 3 nitrogen and oxygen atoms in total. The summed E-state index contributed by atoms with van der Waals surface area (Å²) in [5, 5.41) is 2.99.